The molecule has 1 aromatic heterocycles. The SMILES string of the molecule is CC[C@@H](NC(=O)CC[C@]1(Cc2ccc(OC)c3ccccc23)CCC(=O)N1)c1nc2ccc(C)cc2[nH]1. The molecule has 7 nitrogen and oxygen atoms in total. The lowest BCUT2D eigenvalue weighted by Gasteiger charge is -2.30. The van der Waals surface area contributed by atoms with E-state index in [0.29, 0.717) is 32.1 Å². The van der Waals surface area contributed by atoms with Crippen molar-refractivity contribution < 1.29 is 14.3 Å². The quantitative estimate of drug-likeness (QED) is 0.293. The molecular weight excluding hydrogens is 464 g/mol. The van der Waals surface area contributed by atoms with E-state index in [4.69, 9.17) is 9.72 Å². The van der Waals surface area contributed by atoms with Gasteiger partial charge in [-0.1, -0.05) is 43.3 Å². The molecule has 0 aliphatic carbocycles. The number of fused-ring (bicyclic) bond motifs is 2. The predicted octanol–water partition coefficient (Wildman–Crippen LogP) is 5.27. The van der Waals surface area contributed by atoms with Crippen LogP contribution in [0.3, 0.4) is 0 Å². The summed E-state index contributed by atoms with van der Waals surface area (Å²) in [6.45, 7) is 4.09. The van der Waals surface area contributed by atoms with E-state index in [1.54, 1.807) is 7.11 Å². The largest absolute Gasteiger partial charge is 0.496 e. The Hall–Kier alpha value is -3.87. The van der Waals surface area contributed by atoms with Crippen LogP contribution in [0.4, 0.5) is 0 Å². The van der Waals surface area contributed by atoms with Crippen LogP contribution in [-0.4, -0.2) is 34.4 Å². The number of imidazole rings is 1. The number of carbonyl (C=O) groups is 2. The summed E-state index contributed by atoms with van der Waals surface area (Å²) in [7, 11) is 1.68. The minimum atomic E-state index is -0.454. The second kappa shape index (κ2) is 10.2. The highest BCUT2D eigenvalue weighted by Gasteiger charge is 2.38. The second-order valence-corrected chi connectivity index (χ2v) is 10.1. The first-order valence-electron chi connectivity index (χ1n) is 13.0. The number of amides is 2. The first-order valence-corrected chi connectivity index (χ1v) is 13.0. The van der Waals surface area contributed by atoms with E-state index in [1.807, 2.05) is 44.2 Å². The molecule has 3 aromatic carbocycles. The van der Waals surface area contributed by atoms with E-state index >= 15 is 0 Å². The molecular formula is C30H34N4O3. The number of H-pyrrole nitrogens is 1. The summed E-state index contributed by atoms with van der Waals surface area (Å²) in [4.78, 5) is 33.5. The molecule has 1 aliphatic heterocycles. The Morgan fingerprint density at radius 1 is 1.16 bits per heavy atom. The molecule has 3 N–H and O–H groups in total. The predicted molar refractivity (Wildman–Crippen MR) is 146 cm³/mol. The van der Waals surface area contributed by atoms with Gasteiger partial charge >= 0.3 is 0 Å². The van der Waals surface area contributed by atoms with Gasteiger partial charge in [0.1, 0.15) is 11.6 Å². The van der Waals surface area contributed by atoms with Crippen LogP contribution in [0.5, 0.6) is 5.75 Å². The van der Waals surface area contributed by atoms with Gasteiger partial charge in [-0.25, -0.2) is 4.98 Å². The van der Waals surface area contributed by atoms with Gasteiger partial charge in [0.2, 0.25) is 11.8 Å². The number of rotatable bonds is 9. The number of hydrogen-bond donors (Lipinski definition) is 3. The highest BCUT2D eigenvalue weighted by atomic mass is 16.5. The maximum atomic E-state index is 13.1. The fourth-order valence-corrected chi connectivity index (χ4v) is 5.50. The molecule has 0 radical (unpaired) electrons. The number of aromatic amines is 1. The highest BCUT2D eigenvalue weighted by Crippen LogP contribution is 2.35. The average Bonchev–Trinajstić information content (AvgIpc) is 3.49. The van der Waals surface area contributed by atoms with Crippen molar-refractivity contribution in [2.75, 3.05) is 7.11 Å². The number of nitrogens with one attached hydrogen (secondary N) is 3. The molecule has 2 amide bonds. The van der Waals surface area contributed by atoms with Gasteiger partial charge in [0, 0.05) is 23.8 Å². The summed E-state index contributed by atoms with van der Waals surface area (Å²) in [5.41, 5.74) is 3.72. The fourth-order valence-electron chi connectivity index (χ4n) is 5.50. The van der Waals surface area contributed by atoms with Crippen LogP contribution in [0.1, 0.15) is 62.0 Å². The van der Waals surface area contributed by atoms with Gasteiger partial charge in [-0.2, -0.15) is 0 Å². The molecule has 37 heavy (non-hydrogen) atoms. The molecule has 192 valence electrons. The smallest absolute Gasteiger partial charge is 0.220 e. The highest BCUT2D eigenvalue weighted by molar-refractivity contribution is 5.91. The lowest BCUT2D eigenvalue weighted by atomic mass is 9.83. The van der Waals surface area contributed by atoms with E-state index < -0.39 is 5.54 Å². The Morgan fingerprint density at radius 3 is 2.70 bits per heavy atom. The maximum absolute atomic E-state index is 13.1. The van der Waals surface area contributed by atoms with E-state index in [1.165, 1.54) is 0 Å². The van der Waals surface area contributed by atoms with E-state index in [2.05, 4.69) is 39.9 Å². The van der Waals surface area contributed by atoms with E-state index in [9.17, 15) is 9.59 Å². The van der Waals surface area contributed by atoms with Crippen LogP contribution >= 0.6 is 0 Å². The van der Waals surface area contributed by atoms with Crippen molar-refractivity contribution in [2.24, 2.45) is 0 Å². The molecule has 0 spiro atoms. The summed E-state index contributed by atoms with van der Waals surface area (Å²) in [5, 5.41) is 8.53. The van der Waals surface area contributed by atoms with E-state index in [-0.39, 0.29) is 17.9 Å². The van der Waals surface area contributed by atoms with Gasteiger partial charge in [0.15, 0.2) is 0 Å². The van der Waals surface area contributed by atoms with Crippen LogP contribution < -0.4 is 15.4 Å². The van der Waals surface area contributed by atoms with Gasteiger partial charge in [0.25, 0.3) is 0 Å². The summed E-state index contributed by atoms with van der Waals surface area (Å²) < 4.78 is 5.55. The molecule has 1 aliphatic rings. The molecule has 0 saturated carbocycles. The second-order valence-electron chi connectivity index (χ2n) is 10.1. The van der Waals surface area contributed by atoms with Gasteiger partial charge < -0.3 is 20.4 Å². The summed E-state index contributed by atoms with van der Waals surface area (Å²) >= 11 is 0. The van der Waals surface area contributed by atoms with Gasteiger partial charge in [0.05, 0.1) is 24.2 Å². The Morgan fingerprint density at radius 2 is 1.97 bits per heavy atom. The number of ether oxygens (including phenoxy) is 1. The zero-order valence-electron chi connectivity index (χ0n) is 21.7. The normalized spacial score (nSPS) is 18.2. The number of benzene rings is 3. The molecule has 2 heterocycles. The third-order valence-electron chi connectivity index (χ3n) is 7.52. The lowest BCUT2D eigenvalue weighted by molar-refractivity contribution is -0.123. The minimum absolute atomic E-state index is 0.0383. The molecule has 0 unspecified atom stereocenters. The molecule has 2 atom stereocenters. The lowest BCUT2D eigenvalue weighted by Crippen LogP contribution is -2.44. The first kappa shape index (κ1) is 24.8. The summed E-state index contributed by atoms with van der Waals surface area (Å²) in [6.07, 6.45) is 3.47. The van der Waals surface area contributed by atoms with Crippen LogP contribution in [0.2, 0.25) is 0 Å². The number of nitrogens with zero attached hydrogens (tertiary/aromatic N) is 1. The summed E-state index contributed by atoms with van der Waals surface area (Å²) in [5.74, 6) is 1.60. The van der Waals surface area contributed by atoms with Crippen molar-refractivity contribution >= 4 is 33.6 Å². The number of aromatic nitrogens is 2. The van der Waals surface area contributed by atoms with Gasteiger partial charge in [-0.15, -0.1) is 0 Å². The molecule has 7 heteroatoms. The number of methoxy groups -OCH3 is 1. The number of hydrogen-bond acceptors (Lipinski definition) is 4. The van der Waals surface area contributed by atoms with Crippen molar-refractivity contribution in [2.45, 2.75) is 64.0 Å². The third-order valence-corrected chi connectivity index (χ3v) is 7.52. The molecule has 5 rings (SSSR count). The Labute approximate surface area is 217 Å². The summed E-state index contributed by atoms with van der Waals surface area (Å²) in [6, 6.07) is 18.1. The molecule has 1 saturated heterocycles. The Bertz CT molecular complexity index is 1460. The number of carbonyl (C=O) groups excluding carboxylic acids is 2. The minimum Gasteiger partial charge on any atom is -0.496 e. The van der Waals surface area contributed by atoms with Crippen molar-refractivity contribution in [3.05, 3.63) is 71.5 Å². The average molecular weight is 499 g/mol. The van der Waals surface area contributed by atoms with Crippen LogP contribution in [0.15, 0.2) is 54.6 Å². The monoisotopic (exact) mass is 498 g/mol. The first-order chi connectivity index (χ1) is 17.9. The van der Waals surface area contributed by atoms with Gasteiger partial charge in [-0.3, -0.25) is 9.59 Å². The van der Waals surface area contributed by atoms with Crippen LogP contribution in [-0.2, 0) is 16.0 Å². The van der Waals surface area contributed by atoms with Crippen LogP contribution in [0, 0.1) is 6.92 Å². The molecule has 4 aromatic rings. The molecule has 0 bridgehead atoms. The molecule has 1 fully saturated rings. The Balaban J connectivity index is 1.31. The number of aryl methyl sites for hydroxylation is 1. The topological polar surface area (TPSA) is 96.1 Å². The fraction of sp³-hybridized carbons (Fsp3) is 0.367. The van der Waals surface area contributed by atoms with Crippen LogP contribution in [0.25, 0.3) is 21.8 Å². The third kappa shape index (κ3) is 5.17. The standard InChI is InChI=1S/C30H34N4O3/c1-4-23(29-32-24-11-9-19(2)17-25(24)33-29)31-27(35)13-15-30(16-14-28(36)34-30)18-20-10-12-26(37-3)22-8-6-5-7-21(20)22/h5-12,17,23H,4,13-16,18H2,1-3H3,(H,31,35)(H,32,33)(H,34,36)/t23-,30-/m1/s1. The van der Waals surface area contributed by atoms with Crippen molar-refractivity contribution in [1.29, 1.82) is 0 Å². The van der Waals surface area contributed by atoms with Gasteiger partial charge in [-0.05, 0) is 67.3 Å². The van der Waals surface area contributed by atoms with Crippen molar-refractivity contribution in [3.8, 4) is 5.75 Å². The zero-order chi connectivity index (χ0) is 26.0. The van der Waals surface area contributed by atoms with Crippen molar-refractivity contribution in [3.63, 3.8) is 0 Å². The maximum Gasteiger partial charge on any atom is 0.220 e. The Kier molecular flexibility index (Phi) is 6.87. The zero-order valence-corrected chi connectivity index (χ0v) is 21.7. The van der Waals surface area contributed by atoms with Crippen molar-refractivity contribution in [1.82, 2.24) is 20.6 Å². The van der Waals surface area contributed by atoms with E-state index in [0.717, 1.165) is 50.9 Å².